The molecule has 0 N–H and O–H groups in total. The molecule has 178 valence electrons. The molecule has 9 nitrogen and oxygen atoms in total. The van der Waals surface area contributed by atoms with Crippen LogP contribution < -0.4 is 23.4 Å². The molecule has 1 atom stereocenters. The summed E-state index contributed by atoms with van der Waals surface area (Å²) in [6, 6.07) is 6.40. The second-order valence-corrected chi connectivity index (χ2v) is 7.20. The van der Waals surface area contributed by atoms with E-state index in [9.17, 15) is 9.59 Å². The Morgan fingerprint density at radius 3 is 2.24 bits per heavy atom. The van der Waals surface area contributed by atoms with Gasteiger partial charge in [0, 0.05) is 11.8 Å². The predicted octanol–water partition coefficient (Wildman–Crippen LogP) is 5.38. The summed E-state index contributed by atoms with van der Waals surface area (Å²) in [6.07, 6.45) is 0. The van der Waals surface area contributed by atoms with Gasteiger partial charge in [-0.2, -0.15) is 10.2 Å². The van der Waals surface area contributed by atoms with Gasteiger partial charge in [0.1, 0.15) is 11.4 Å². The van der Waals surface area contributed by atoms with Gasteiger partial charge < -0.3 is 18.9 Å². The van der Waals surface area contributed by atoms with Crippen molar-refractivity contribution in [2.75, 3.05) is 31.9 Å². The van der Waals surface area contributed by atoms with Gasteiger partial charge >= 0.3 is 0 Å². The smallest absolute Gasteiger partial charge is 0.276 e. The zero-order valence-electron chi connectivity index (χ0n) is 18.9. The fourth-order valence-electron chi connectivity index (χ4n) is 2.84. The van der Waals surface area contributed by atoms with Crippen LogP contribution >= 0.6 is 23.4 Å². The fourth-order valence-corrected chi connectivity index (χ4v) is 3.27. The van der Waals surface area contributed by atoms with E-state index in [0.717, 1.165) is 4.42 Å². The third-order valence-electron chi connectivity index (χ3n) is 4.31. The number of carbonyl (C=O) groups is 2. The Kier molecular flexibility index (Phi) is 9.74. The number of Topliss-reactive ketones (excluding diaryl/α,β-unsaturated/α-hetero) is 1. The number of ketones is 1. The first-order valence-corrected chi connectivity index (χ1v) is 10.7. The fraction of sp³-hybridized carbons (Fsp3) is 0.364. The Morgan fingerprint density at radius 1 is 1.00 bits per heavy atom. The number of rotatable bonds is 11. The minimum absolute atomic E-state index is 0.185. The lowest BCUT2D eigenvalue weighted by Crippen LogP contribution is -2.36. The quantitative estimate of drug-likeness (QED) is 0.234. The maximum absolute atomic E-state index is 13.1. The molecule has 1 amide bonds. The molecule has 0 radical (unpaired) electrons. The van der Waals surface area contributed by atoms with Crippen molar-refractivity contribution in [2.24, 2.45) is 10.2 Å². The lowest BCUT2D eigenvalue weighted by molar-refractivity contribution is -0.126. The van der Waals surface area contributed by atoms with Gasteiger partial charge in [0.05, 0.1) is 32.5 Å². The number of carbonyl (C=O) groups excluding carboxylic acids is 2. The third-order valence-corrected chi connectivity index (χ3v) is 4.95. The highest BCUT2D eigenvalue weighted by Gasteiger charge is 2.31. The molecule has 1 unspecified atom stereocenters. The number of amides is 1. The van der Waals surface area contributed by atoms with E-state index in [4.69, 9.17) is 42.3 Å². The van der Waals surface area contributed by atoms with Crippen LogP contribution in [0.5, 0.6) is 23.0 Å². The second-order valence-electron chi connectivity index (χ2n) is 6.45. The average Bonchev–Trinajstić information content (AvgIpc) is 2.81. The van der Waals surface area contributed by atoms with E-state index < -0.39 is 17.7 Å². The minimum atomic E-state index is -1.51. The number of methoxy groups -OCH3 is 2. The van der Waals surface area contributed by atoms with Crippen LogP contribution in [-0.2, 0) is 9.59 Å². The number of nitrogens with zero attached hydrogens (tertiary/aromatic N) is 3. The van der Waals surface area contributed by atoms with Gasteiger partial charge in [0.15, 0.2) is 28.8 Å². The van der Waals surface area contributed by atoms with Crippen molar-refractivity contribution >= 4 is 46.4 Å². The first-order valence-electron chi connectivity index (χ1n) is 10.0. The first-order chi connectivity index (χ1) is 15.8. The first kappa shape index (κ1) is 26.2. The molecule has 0 saturated heterocycles. The van der Waals surface area contributed by atoms with Crippen molar-refractivity contribution in [2.45, 2.75) is 26.8 Å². The van der Waals surface area contributed by atoms with Crippen LogP contribution in [0, 0.1) is 0 Å². The Bertz CT molecular complexity index is 1030. The number of azo groups is 1. The van der Waals surface area contributed by atoms with Crippen LogP contribution in [0.1, 0.15) is 20.8 Å². The summed E-state index contributed by atoms with van der Waals surface area (Å²) in [4.78, 5) is 25.3. The Morgan fingerprint density at radius 2 is 1.67 bits per heavy atom. The highest BCUT2D eigenvalue weighted by Crippen LogP contribution is 2.43. The van der Waals surface area contributed by atoms with Crippen molar-refractivity contribution in [3.8, 4) is 23.0 Å². The topological polar surface area (TPSA) is 99.0 Å². The van der Waals surface area contributed by atoms with Crippen LogP contribution in [0.4, 0.5) is 11.4 Å². The Hall–Kier alpha value is -3.04. The molecule has 0 heterocycles. The molecule has 2 aromatic rings. The molecule has 0 aliphatic heterocycles. The monoisotopic (exact) mass is 497 g/mol. The minimum Gasteiger partial charge on any atom is -0.493 e. The number of anilines is 1. The molecular weight excluding hydrogens is 473 g/mol. The molecule has 11 heteroatoms. The molecular formula is C22H25Cl2N3O6. The van der Waals surface area contributed by atoms with Gasteiger partial charge in [0.25, 0.3) is 5.91 Å². The number of benzene rings is 2. The molecule has 0 spiro atoms. The molecule has 0 saturated carbocycles. The van der Waals surface area contributed by atoms with Crippen molar-refractivity contribution in [1.82, 2.24) is 0 Å². The van der Waals surface area contributed by atoms with Gasteiger partial charge in [-0.25, -0.2) is 4.42 Å². The summed E-state index contributed by atoms with van der Waals surface area (Å²) in [6.45, 7) is 5.45. The van der Waals surface area contributed by atoms with E-state index in [1.165, 1.54) is 21.1 Å². The Labute approximate surface area is 202 Å². The van der Waals surface area contributed by atoms with Crippen LogP contribution in [0.3, 0.4) is 0 Å². The Balaban J connectivity index is 2.44. The molecule has 0 aromatic heterocycles. The van der Waals surface area contributed by atoms with Crippen molar-refractivity contribution in [1.29, 1.82) is 0 Å². The number of para-hydroxylation sites is 1. The van der Waals surface area contributed by atoms with E-state index in [2.05, 4.69) is 10.2 Å². The summed E-state index contributed by atoms with van der Waals surface area (Å²) in [5.74, 6) is -0.254. The van der Waals surface area contributed by atoms with Crippen LogP contribution in [0.2, 0.25) is 5.02 Å². The van der Waals surface area contributed by atoms with Crippen LogP contribution in [0.15, 0.2) is 40.6 Å². The lowest BCUT2D eigenvalue weighted by Gasteiger charge is -2.20. The average molecular weight is 498 g/mol. The summed E-state index contributed by atoms with van der Waals surface area (Å²) >= 11 is 12.5. The normalized spacial score (nSPS) is 11.7. The number of ether oxygens (including phenoxy) is 4. The van der Waals surface area contributed by atoms with Crippen LogP contribution in [-0.4, -0.2) is 45.2 Å². The van der Waals surface area contributed by atoms with Gasteiger partial charge in [-0.1, -0.05) is 17.7 Å². The standard InChI is InChI=1S/C22H25Cl2N3O6/c1-6-32-19-14(23)11-12-15(20(19)33-7-2)25-26-18(13(3)28)22(29)27(24)16-9-8-10-17(30-4)21(16)31-5/h8-12,18H,6-7H2,1-5H3. The number of halogens is 2. The van der Waals surface area contributed by atoms with Crippen LogP contribution in [0.25, 0.3) is 0 Å². The molecule has 33 heavy (non-hydrogen) atoms. The highest BCUT2D eigenvalue weighted by atomic mass is 35.5. The van der Waals surface area contributed by atoms with Crippen molar-refractivity contribution in [3.05, 3.63) is 35.4 Å². The number of hydrogen-bond donors (Lipinski definition) is 0. The van der Waals surface area contributed by atoms with Crippen molar-refractivity contribution < 1.29 is 28.5 Å². The van der Waals surface area contributed by atoms with Gasteiger partial charge in [-0.05, 0) is 45.0 Å². The molecule has 0 aliphatic carbocycles. The largest absolute Gasteiger partial charge is 0.493 e. The van der Waals surface area contributed by atoms with E-state index in [1.807, 2.05) is 0 Å². The second kappa shape index (κ2) is 12.3. The highest BCUT2D eigenvalue weighted by molar-refractivity contribution is 6.39. The molecule has 0 aliphatic rings. The summed E-state index contributed by atoms with van der Waals surface area (Å²) in [5, 5.41) is 8.37. The van der Waals surface area contributed by atoms with E-state index in [1.54, 1.807) is 44.2 Å². The van der Waals surface area contributed by atoms with E-state index in [0.29, 0.717) is 29.7 Å². The van der Waals surface area contributed by atoms with E-state index in [-0.39, 0.29) is 22.9 Å². The van der Waals surface area contributed by atoms with Gasteiger partial charge in [-0.15, -0.1) is 0 Å². The van der Waals surface area contributed by atoms with Gasteiger partial charge in [0.2, 0.25) is 6.04 Å². The predicted molar refractivity (Wildman–Crippen MR) is 126 cm³/mol. The van der Waals surface area contributed by atoms with E-state index >= 15 is 0 Å². The molecule has 0 bridgehead atoms. The third kappa shape index (κ3) is 6.06. The maximum Gasteiger partial charge on any atom is 0.276 e. The molecule has 0 fully saturated rings. The van der Waals surface area contributed by atoms with Gasteiger partial charge in [-0.3, -0.25) is 9.59 Å². The number of hydrogen-bond acceptors (Lipinski definition) is 8. The molecule has 2 rings (SSSR count). The zero-order chi connectivity index (χ0) is 24.5. The molecule has 2 aromatic carbocycles. The lowest BCUT2D eigenvalue weighted by atomic mass is 10.2. The van der Waals surface area contributed by atoms with Crippen molar-refractivity contribution in [3.63, 3.8) is 0 Å². The zero-order valence-corrected chi connectivity index (χ0v) is 20.4. The summed E-state index contributed by atoms with van der Waals surface area (Å²) < 4.78 is 22.5. The summed E-state index contributed by atoms with van der Waals surface area (Å²) in [7, 11) is 2.86. The SMILES string of the molecule is CCOc1c(Cl)ccc(N=NC(C(C)=O)C(=O)N(Cl)c2cccc(OC)c2OC)c1OCC. The summed E-state index contributed by atoms with van der Waals surface area (Å²) in [5.41, 5.74) is 0.425. The maximum atomic E-state index is 13.1.